The van der Waals surface area contributed by atoms with Crippen molar-refractivity contribution in [3.8, 4) is 0 Å². The normalized spacial score (nSPS) is 15.9. The number of carboxylic acids is 1. The zero-order chi connectivity index (χ0) is 8.85. The van der Waals surface area contributed by atoms with Crippen molar-refractivity contribution in [3.63, 3.8) is 0 Å². The molecule has 0 rings (SSSR count). The summed E-state index contributed by atoms with van der Waals surface area (Å²) in [6.45, 7) is 4.32. The molecule has 0 aromatic heterocycles. The SMILES string of the molecule is CCCC(C(=O)O)C(C)CN. The summed E-state index contributed by atoms with van der Waals surface area (Å²) < 4.78 is 0. The predicted octanol–water partition coefficient (Wildman–Crippen LogP) is 1.08. The lowest BCUT2D eigenvalue weighted by atomic mass is 9.90. The molecule has 2 unspecified atom stereocenters. The van der Waals surface area contributed by atoms with Crippen LogP contribution in [0, 0.1) is 11.8 Å². The van der Waals surface area contributed by atoms with E-state index in [0.717, 1.165) is 12.8 Å². The molecule has 0 heterocycles. The van der Waals surface area contributed by atoms with Crippen LogP contribution in [0.25, 0.3) is 0 Å². The molecule has 0 aromatic rings. The largest absolute Gasteiger partial charge is 0.481 e. The fourth-order valence-electron chi connectivity index (χ4n) is 1.13. The Labute approximate surface area is 67.6 Å². The average Bonchev–Trinajstić information content (AvgIpc) is 1.98. The van der Waals surface area contributed by atoms with E-state index < -0.39 is 5.97 Å². The highest BCUT2D eigenvalue weighted by Crippen LogP contribution is 2.16. The van der Waals surface area contributed by atoms with Crippen LogP contribution in [0.15, 0.2) is 0 Å². The Kier molecular flexibility index (Phi) is 4.86. The highest BCUT2D eigenvalue weighted by Gasteiger charge is 2.21. The molecule has 66 valence electrons. The molecule has 3 heteroatoms. The summed E-state index contributed by atoms with van der Waals surface area (Å²) in [7, 11) is 0. The molecule has 0 aromatic carbocycles. The van der Waals surface area contributed by atoms with E-state index >= 15 is 0 Å². The Bertz CT molecular complexity index is 125. The van der Waals surface area contributed by atoms with Crippen LogP contribution < -0.4 is 5.73 Å². The number of hydrogen-bond donors (Lipinski definition) is 2. The minimum absolute atomic E-state index is 0.0902. The zero-order valence-corrected chi connectivity index (χ0v) is 7.21. The summed E-state index contributed by atoms with van der Waals surface area (Å²) in [5.41, 5.74) is 5.38. The smallest absolute Gasteiger partial charge is 0.306 e. The lowest BCUT2D eigenvalue weighted by molar-refractivity contribution is -0.143. The van der Waals surface area contributed by atoms with Gasteiger partial charge in [0, 0.05) is 0 Å². The van der Waals surface area contributed by atoms with E-state index in [0.29, 0.717) is 6.54 Å². The summed E-state index contributed by atoms with van der Waals surface area (Å²) in [6, 6.07) is 0. The van der Waals surface area contributed by atoms with Crippen LogP contribution in [-0.2, 0) is 4.79 Å². The topological polar surface area (TPSA) is 63.3 Å². The summed E-state index contributed by atoms with van der Waals surface area (Å²) in [6.07, 6.45) is 1.63. The highest BCUT2D eigenvalue weighted by molar-refractivity contribution is 5.70. The van der Waals surface area contributed by atoms with Gasteiger partial charge in [0.25, 0.3) is 0 Å². The third-order valence-electron chi connectivity index (χ3n) is 1.98. The standard InChI is InChI=1S/C8H17NO2/c1-3-4-7(8(10)11)6(2)5-9/h6-7H,3-5,9H2,1-2H3,(H,10,11). The Morgan fingerprint density at radius 2 is 2.18 bits per heavy atom. The molecular weight excluding hydrogens is 142 g/mol. The van der Waals surface area contributed by atoms with Gasteiger partial charge >= 0.3 is 5.97 Å². The van der Waals surface area contributed by atoms with Crippen LogP contribution in [0.1, 0.15) is 26.7 Å². The van der Waals surface area contributed by atoms with E-state index in [-0.39, 0.29) is 11.8 Å². The molecule has 2 atom stereocenters. The van der Waals surface area contributed by atoms with E-state index in [1.54, 1.807) is 0 Å². The van der Waals surface area contributed by atoms with Gasteiger partial charge in [-0.25, -0.2) is 0 Å². The molecule has 3 nitrogen and oxygen atoms in total. The second-order valence-electron chi connectivity index (χ2n) is 2.95. The molecule has 0 aliphatic carbocycles. The zero-order valence-electron chi connectivity index (χ0n) is 7.21. The van der Waals surface area contributed by atoms with E-state index in [4.69, 9.17) is 10.8 Å². The second kappa shape index (κ2) is 5.13. The molecule has 0 radical (unpaired) electrons. The number of carbonyl (C=O) groups is 1. The summed E-state index contributed by atoms with van der Waals surface area (Å²) >= 11 is 0. The quantitative estimate of drug-likeness (QED) is 0.631. The van der Waals surface area contributed by atoms with E-state index in [1.165, 1.54) is 0 Å². The number of hydrogen-bond acceptors (Lipinski definition) is 2. The maximum Gasteiger partial charge on any atom is 0.306 e. The fourth-order valence-corrected chi connectivity index (χ4v) is 1.13. The van der Waals surface area contributed by atoms with Gasteiger partial charge < -0.3 is 10.8 Å². The van der Waals surface area contributed by atoms with Gasteiger partial charge in [-0.05, 0) is 18.9 Å². The predicted molar refractivity (Wildman–Crippen MR) is 44.3 cm³/mol. The molecule has 0 aliphatic rings. The number of nitrogens with two attached hydrogens (primary N) is 1. The minimum atomic E-state index is -0.718. The van der Waals surface area contributed by atoms with Gasteiger partial charge in [-0.15, -0.1) is 0 Å². The van der Waals surface area contributed by atoms with E-state index in [1.807, 2.05) is 13.8 Å². The molecule has 0 saturated heterocycles. The Morgan fingerprint density at radius 1 is 1.64 bits per heavy atom. The third-order valence-corrected chi connectivity index (χ3v) is 1.98. The third kappa shape index (κ3) is 3.37. The number of aliphatic carboxylic acids is 1. The van der Waals surface area contributed by atoms with E-state index in [9.17, 15) is 4.79 Å². The van der Waals surface area contributed by atoms with Crippen LogP contribution in [0.2, 0.25) is 0 Å². The summed E-state index contributed by atoms with van der Waals surface area (Å²) in [5.74, 6) is -0.887. The minimum Gasteiger partial charge on any atom is -0.481 e. The van der Waals surface area contributed by atoms with Gasteiger partial charge in [-0.3, -0.25) is 4.79 Å². The van der Waals surface area contributed by atoms with Crippen LogP contribution >= 0.6 is 0 Å². The highest BCUT2D eigenvalue weighted by atomic mass is 16.4. The van der Waals surface area contributed by atoms with Crippen molar-refractivity contribution >= 4 is 5.97 Å². The summed E-state index contributed by atoms with van der Waals surface area (Å²) in [5, 5.41) is 8.75. The summed E-state index contributed by atoms with van der Waals surface area (Å²) in [4.78, 5) is 10.6. The molecule has 0 aliphatic heterocycles. The maximum atomic E-state index is 10.6. The fraction of sp³-hybridized carbons (Fsp3) is 0.875. The lowest BCUT2D eigenvalue weighted by Crippen LogP contribution is -2.27. The Morgan fingerprint density at radius 3 is 2.45 bits per heavy atom. The van der Waals surface area contributed by atoms with Crippen LogP contribution in [-0.4, -0.2) is 17.6 Å². The Balaban J connectivity index is 3.97. The molecule has 0 spiro atoms. The van der Waals surface area contributed by atoms with Crippen molar-refractivity contribution in [3.05, 3.63) is 0 Å². The van der Waals surface area contributed by atoms with Gasteiger partial charge in [-0.1, -0.05) is 20.3 Å². The van der Waals surface area contributed by atoms with Crippen molar-refractivity contribution in [2.24, 2.45) is 17.6 Å². The van der Waals surface area contributed by atoms with Gasteiger partial charge in [-0.2, -0.15) is 0 Å². The van der Waals surface area contributed by atoms with Gasteiger partial charge in [0.1, 0.15) is 0 Å². The van der Waals surface area contributed by atoms with E-state index in [2.05, 4.69) is 0 Å². The van der Waals surface area contributed by atoms with Crippen LogP contribution in [0.5, 0.6) is 0 Å². The monoisotopic (exact) mass is 159 g/mol. The molecule has 0 fully saturated rings. The Hall–Kier alpha value is -0.570. The molecule has 0 bridgehead atoms. The number of rotatable bonds is 5. The van der Waals surface area contributed by atoms with Gasteiger partial charge in [0.15, 0.2) is 0 Å². The first-order chi connectivity index (χ1) is 5.13. The molecule has 11 heavy (non-hydrogen) atoms. The average molecular weight is 159 g/mol. The molecule has 3 N–H and O–H groups in total. The van der Waals surface area contributed by atoms with Gasteiger partial charge in [0.05, 0.1) is 5.92 Å². The molecule has 0 amide bonds. The van der Waals surface area contributed by atoms with Crippen molar-refractivity contribution < 1.29 is 9.90 Å². The molecular formula is C8H17NO2. The number of carboxylic acid groups (broad SMARTS) is 1. The first-order valence-electron chi connectivity index (χ1n) is 4.06. The lowest BCUT2D eigenvalue weighted by Gasteiger charge is -2.17. The second-order valence-corrected chi connectivity index (χ2v) is 2.95. The first-order valence-corrected chi connectivity index (χ1v) is 4.06. The van der Waals surface area contributed by atoms with Crippen LogP contribution in [0.3, 0.4) is 0 Å². The van der Waals surface area contributed by atoms with Crippen molar-refractivity contribution in [1.82, 2.24) is 0 Å². The maximum absolute atomic E-state index is 10.6. The van der Waals surface area contributed by atoms with Crippen molar-refractivity contribution in [1.29, 1.82) is 0 Å². The molecule has 0 saturated carbocycles. The van der Waals surface area contributed by atoms with Gasteiger partial charge in [0.2, 0.25) is 0 Å². The van der Waals surface area contributed by atoms with Crippen LogP contribution in [0.4, 0.5) is 0 Å². The first kappa shape index (κ1) is 10.4. The van der Waals surface area contributed by atoms with Crippen molar-refractivity contribution in [2.45, 2.75) is 26.7 Å². The van der Waals surface area contributed by atoms with Crippen molar-refractivity contribution in [2.75, 3.05) is 6.54 Å².